The first kappa shape index (κ1) is 27.5. The first-order valence-corrected chi connectivity index (χ1v) is 12.0. The second-order valence-corrected chi connectivity index (χ2v) is 8.87. The molecule has 0 aliphatic heterocycles. The number of halogens is 1. The zero-order chi connectivity index (χ0) is 26.8. The molecule has 37 heavy (non-hydrogen) atoms. The van der Waals surface area contributed by atoms with E-state index in [1.54, 1.807) is 69.5 Å². The Morgan fingerprint density at radius 2 is 1.68 bits per heavy atom. The van der Waals surface area contributed by atoms with Crippen LogP contribution in [0.4, 0.5) is 5.69 Å². The minimum Gasteiger partial charge on any atom is -0.497 e. The number of anilines is 1. The highest BCUT2D eigenvalue weighted by Crippen LogP contribution is 2.29. The van der Waals surface area contributed by atoms with E-state index in [-0.39, 0.29) is 12.5 Å². The van der Waals surface area contributed by atoms with Crippen molar-refractivity contribution in [2.45, 2.75) is 20.5 Å². The number of hydrogen-bond donors (Lipinski definition) is 2. The number of nitrogens with one attached hydrogen (secondary N) is 2. The summed E-state index contributed by atoms with van der Waals surface area (Å²) >= 11 is 6.19. The van der Waals surface area contributed by atoms with Crippen molar-refractivity contribution in [2.24, 2.45) is 16.9 Å². The van der Waals surface area contributed by atoms with Crippen LogP contribution in [0, 0.1) is 11.8 Å². The van der Waals surface area contributed by atoms with Crippen molar-refractivity contribution in [1.29, 1.82) is 0 Å². The van der Waals surface area contributed by atoms with Crippen molar-refractivity contribution < 1.29 is 23.8 Å². The maximum absolute atomic E-state index is 12.8. The number of hydrazone groups is 1. The maximum atomic E-state index is 12.8. The molecule has 0 aliphatic carbocycles. The van der Waals surface area contributed by atoms with Crippen molar-refractivity contribution >= 4 is 35.3 Å². The lowest BCUT2D eigenvalue weighted by Crippen LogP contribution is -2.39. The fourth-order valence-electron chi connectivity index (χ4n) is 3.51. The van der Waals surface area contributed by atoms with E-state index in [0.29, 0.717) is 33.5 Å². The lowest BCUT2D eigenvalue weighted by molar-refractivity contribution is -0.134. The Morgan fingerprint density at radius 1 is 0.946 bits per heavy atom. The van der Waals surface area contributed by atoms with Crippen LogP contribution < -0.4 is 25.0 Å². The van der Waals surface area contributed by atoms with Crippen molar-refractivity contribution in [3.63, 3.8) is 0 Å². The zero-order valence-corrected chi connectivity index (χ0v) is 21.9. The van der Waals surface area contributed by atoms with Gasteiger partial charge < -0.3 is 19.5 Å². The van der Waals surface area contributed by atoms with Gasteiger partial charge in [-0.05, 0) is 60.0 Å². The number of ether oxygens (including phenoxy) is 3. The third-order valence-electron chi connectivity index (χ3n) is 5.51. The largest absolute Gasteiger partial charge is 0.497 e. The minimum absolute atomic E-state index is 0.247. The average Bonchev–Trinajstić information content (AvgIpc) is 2.89. The smallest absolute Gasteiger partial charge is 0.252 e. The molecule has 8 nitrogen and oxygen atoms in total. The predicted molar refractivity (Wildman–Crippen MR) is 144 cm³/mol. The van der Waals surface area contributed by atoms with Gasteiger partial charge in [0.15, 0.2) is 11.5 Å². The average molecular weight is 524 g/mol. The third-order valence-corrected chi connectivity index (χ3v) is 5.87. The highest BCUT2D eigenvalue weighted by atomic mass is 35.5. The Hall–Kier alpha value is -4.04. The van der Waals surface area contributed by atoms with Gasteiger partial charge in [-0.3, -0.25) is 9.59 Å². The Kier molecular flexibility index (Phi) is 9.92. The molecular formula is C28H30ClN3O5. The van der Waals surface area contributed by atoms with Crippen LogP contribution in [0.5, 0.6) is 17.2 Å². The molecule has 0 spiro atoms. The second-order valence-electron chi connectivity index (χ2n) is 8.46. The summed E-state index contributed by atoms with van der Waals surface area (Å²) in [6.45, 7) is 3.89. The molecule has 9 heteroatoms. The molecule has 0 bridgehead atoms. The summed E-state index contributed by atoms with van der Waals surface area (Å²) < 4.78 is 16.4. The highest BCUT2D eigenvalue weighted by Gasteiger charge is 2.30. The summed E-state index contributed by atoms with van der Waals surface area (Å²) in [5, 5.41) is 7.42. The number of benzene rings is 3. The van der Waals surface area contributed by atoms with Gasteiger partial charge in [-0.2, -0.15) is 5.10 Å². The lowest BCUT2D eigenvalue weighted by atomic mass is 9.94. The quantitative estimate of drug-likeness (QED) is 0.202. The second kappa shape index (κ2) is 13.3. The standard InChI is InChI=1S/C28H30ClN3O5/c1-18(2)26(27(33)31-21-10-12-22(35-3)13-11-21)28(34)32-30-16-19-9-14-24(25(15-19)36-4)37-17-20-7-5-6-8-23(20)29/h5-16,18,26H,17H2,1-4H3,(H,31,33)(H,32,34). The van der Waals surface area contributed by atoms with Crippen LogP contribution in [0.25, 0.3) is 0 Å². The zero-order valence-electron chi connectivity index (χ0n) is 21.2. The Morgan fingerprint density at radius 3 is 2.32 bits per heavy atom. The number of methoxy groups -OCH3 is 2. The van der Waals surface area contributed by atoms with Gasteiger partial charge in [0.2, 0.25) is 5.91 Å². The van der Waals surface area contributed by atoms with Gasteiger partial charge in [0.05, 0.1) is 20.4 Å². The van der Waals surface area contributed by atoms with E-state index < -0.39 is 17.7 Å². The Labute approximate surface area is 221 Å². The summed E-state index contributed by atoms with van der Waals surface area (Å²) in [6, 6.07) is 19.6. The minimum atomic E-state index is -0.936. The lowest BCUT2D eigenvalue weighted by Gasteiger charge is -2.18. The van der Waals surface area contributed by atoms with Crippen molar-refractivity contribution in [1.82, 2.24) is 5.43 Å². The van der Waals surface area contributed by atoms with E-state index in [4.69, 9.17) is 25.8 Å². The van der Waals surface area contributed by atoms with Crippen LogP contribution >= 0.6 is 11.6 Å². The van der Waals surface area contributed by atoms with Gasteiger partial charge in [0.25, 0.3) is 5.91 Å². The first-order chi connectivity index (χ1) is 17.8. The van der Waals surface area contributed by atoms with Crippen molar-refractivity contribution in [2.75, 3.05) is 19.5 Å². The van der Waals surface area contributed by atoms with E-state index in [9.17, 15) is 9.59 Å². The van der Waals surface area contributed by atoms with Gasteiger partial charge in [-0.1, -0.05) is 43.6 Å². The molecule has 3 rings (SSSR count). The molecule has 194 valence electrons. The summed E-state index contributed by atoms with van der Waals surface area (Å²) in [4.78, 5) is 25.6. The van der Waals surface area contributed by atoms with Crippen LogP contribution in [0.3, 0.4) is 0 Å². The van der Waals surface area contributed by atoms with Gasteiger partial charge in [0, 0.05) is 16.3 Å². The fraction of sp³-hybridized carbons (Fsp3) is 0.250. The molecular weight excluding hydrogens is 494 g/mol. The number of carbonyl (C=O) groups excluding carboxylic acids is 2. The molecule has 0 saturated carbocycles. The summed E-state index contributed by atoms with van der Waals surface area (Å²) in [6.07, 6.45) is 1.47. The maximum Gasteiger partial charge on any atom is 0.252 e. The van der Waals surface area contributed by atoms with Gasteiger partial charge in [-0.25, -0.2) is 5.43 Å². The molecule has 2 amide bonds. The molecule has 0 aliphatic rings. The number of amides is 2. The Bertz CT molecular complexity index is 1240. The molecule has 0 radical (unpaired) electrons. The summed E-state index contributed by atoms with van der Waals surface area (Å²) in [5.41, 5.74) is 4.56. The first-order valence-electron chi connectivity index (χ1n) is 11.6. The predicted octanol–water partition coefficient (Wildman–Crippen LogP) is 5.30. The van der Waals surface area contributed by atoms with E-state index in [1.807, 2.05) is 18.2 Å². The summed E-state index contributed by atoms with van der Waals surface area (Å²) in [7, 11) is 3.10. The molecule has 0 saturated heterocycles. The SMILES string of the molecule is COc1ccc(NC(=O)C(C(=O)NN=Cc2ccc(OCc3ccccc3Cl)c(OC)c2)C(C)C)cc1. The van der Waals surface area contributed by atoms with Crippen LogP contribution in [-0.4, -0.2) is 32.2 Å². The highest BCUT2D eigenvalue weighted by molar-refractivity contribution is 6.31. The molecule has 1 unspecified atom stereocenters. The molecule has 0 fully saturated rings. The van der Waals surface area contributed by atoms with Crippen LogP contribution in [0.15, 0.2) is 71.8 Å². The third kappa shape index (κ3) is 7.72. The summed E-state index contributed by atoms with van der Waals surface area (Å²) in [5.74, 6) is -0.404. The number of hydrogen-bond acceptors (Lipinski definition) is 6. The van der Waals surface area contributed by atoms with E-state index >= 15 is 0 Å². The number of carbonyl (C=O) groups is 2. The normalized spacial score (nSPS) is 11.7. The molecule has 2 N–H and O–H groups in total. The molecule has 0 aromatic heterocycles. The van der Waals surface area contributed by atoms with E-state index in [2.05, 4.69) is 15.8 Å². The van der Waals surface area contributed by atoms with Crippen molar-refractivity contribution in [3.8, 4) is 17.2 Å². The van der Waals surface area contributed by atoms with E-state index in [0.717, 1.165) is 5.56 Å². The van der Waals surface area contributed by atoms with Gasteiger partial charge in [-0.15, -0.1) is 0 Å². The molecule has 1 atom stereocenters. The Balaban J connectivity index is 1.61. The number of nitrogens with zero attached hydrogens (tertiary/aromatic N) is 1. The molecule has 3 aromatic carbocycles. The van der Waals surface area contributed by atoms with Crippen molar-refractivity contribution in [3.05, 3.63) is 82.9 Å². The molecule has 0 heterocycles. The topological polar surface area (TPSA) is 98.2 Å². The molecule has 3 aromatic rings. The fourth-order valence-corrected chi connectivity index (χ4v) is 3.70. The van der Waals surface area contributed by atoms with Gasteiger partial charge >= 0.3 is 0 Å². The number of rotatable bonds is 11. The van der Waals surface area contributed by atoms with Crippen LogP contribution in [0.2, 0.25) is 5.02 Å². The van der Waals surface area contributed by atoms with Gasteiger partial charge in [0.1, 0.15) is 18.3 Å². The van der Waals surface area contributed by atoms with Crippen LogP contribution in [-0.2, 0) is 16.2 Å². The van der Waals surface area contributed by atoms with E-state index in [1.165, 1.54) is 13.3 Å². The monoisotopic (exact) mass is 523 g/mol. The van der Waals surface area contributed by atoms with Crippen LogP contribution in [0.1, 0.15) is 25.0 Å².